The van der Waals surface area contributed by atoms with Gasteiger partial charge < -0.3 is 10.2 Å². The molecule has 4 amide bonds. The van der Waals surface area contributed by atoms with Crippen LogP contribution < -0.4 is 5.32 Å². The zero-order valence-corrected chi connectivity index (χ0v) is 14.1. The number of amides is 4. The van der Waals surface area contributed by atoms with Gasteiger partial charge in [-0.1, -0.05) is 0 Å². The molecule has 0 radical (unpaired) electrons. The average molecular weight is 336 g/mol. The third kappa shape index (κ3) is 3.21. The highest BCUT2D eigenvalue weighted by molar-refractivity contribution is 7.11. The van der Waals surface area contributed by atoms with Crippen LogP contribution in [0.3, 0.4) is 0 Å². The zero-order valence-electron chi connectivity index (χ0n) is 13.3. The summed E-state index contributed by atoms with van der Waals surface area (Å²) in [6.45, 7) is 5.13. The maximum absolute atomic E-state index is 12.4. The minimum absolute atomic E-state index is 0.0214. The lowest BCUT2D eigenvalue weighted by atomic mass is 9.98. The van der Waals surface area contributed by atoms with E-state index in [1.54, 1.807) is 16.2 Å². The molecular weight excluding hydrogens is 316 g/mol. The van der Waals surface area contributed by atoms with E-state index in [1.807, 2.05) is 6.92 Å². The number of nitrogens with one attached hydrogen (secondary N) is 1. The molecule has 8 heteroatoms. The molecule has 0 spiro atoms. The Morgan fingerprint density at radius 1 is 1.39 bits per heavy atom. The van der Waals surface area contributed by atoms with Crippen molar-refractivity contribution in [2.45, 2.75) is 32.6 Å². The molecule has 0 saturated carbocycles. The van der Waals surface area contributed by atoms with Gasteiger partial charge in [0.15, 0.2) is 0 Å². The van der Waals surface area contributed by atoms with Crippen LogP contribution in [0.5, 0.6) is 0 Å². The van der Waals surface area contributed by atoms with Crippen LogP contribution in [0.2, 0.25) is 0 Å². The van der Waals surface area contributed by atoms with E-state index in [-0.39, 0.29) is 30.8 Å². The second-order valence-electron chi connectivity index (χ2n) is 6.01. The quantitative estimate of drug-likeness (QED) is 0.836. The van der Waals surface area contributed by atoms with Crippen LogP contribution in [-0.4, -0.2) is 58.8 Å². The Hall–Kier alpha value is -1.96. The van der Waals surface area contributed by atoms with Crippen molar-refractivity contribution in [2.75, 3.05) is 26.2 Å². The fourth-order valence-corrected chi connectivity index (χ4v) is 3.98. The van der Waals surface area contributed by atoms with Gasteiger partial charge in [-0.2, -0.15) is 0 Å². The molecule has 0 aliphatic carbocycles. The number of rotatable bonds is 3. The number of nitrogens with zero attached hydrogens (tertiary/aromatic N) is 3. The third-order valence-electron chi connectivity index (χ3n) is 4.40. The Kier molecular flexibility index (Phi) is 4.34. The summed E-state index contributed by atoms with van der Waals surface area (Å²) in [5.41, 5.74) is 1.05. The van der Waals surface area contributed by atoms with Crippen LogP contribution in [-0.2, 0) is 9.59 Å². The highest BCUT2D eigenvalue weighted by Crippen LogP contribution is 2.31. The van der Waals surface area contributed by atoms with Crippen molar-refractivity contribution >= 4 is 29.2 Å². The molecule has 1 aromatic rings. The molecule has 3 heterocycles. The summed E-state index contributed by atoms with van der Waals surface area (Å²) >= 11 is 1.69. The van der Waals surface area contributed by atoms with Crippen molar-refractivity contribution < 1.29 is 14.4 Å². The Morgan fingerprint density at radius 3 is 2.78 bits per heavy atom. The molecule has 2 saturated heterocycles. The van der Waals surface area contributed by atoms with Gasteiger partial charge in [-0.05, 0) is 26.7 Å². The summed E-state index contributed by atoms with van der Waals surface area (Å²) in [5, 5.41) is 3.51. The summed E-state index contributed by atoms with van der Waals surface area (Å²) in [4.78, 5) is 44.1. The number of imide groups is 1. The molecule has 1 atom stereocenters. The third-order valence-corrected chi connectivity index (χ3v) is 5.63. The second-order valence-corrected chi connectivity index (χ2v) is 7.25. The molecule has 3 rings (SSSR count). The number of hydrogen-bond donors (Lipinski definition) is 1. The zero-order chi connectivity index (χ0) is 16.6. The number of piperidine rings is 1. The smallest absolute Gasteiger partial charge is 0.325 e. The number of carbonyl (C=O) groups is 3. The molecule has 2 aliphatic rings. The van der Waals surface area contributed by atoms with Crippen LogP contribution in [0.4, 0.5) is 4.79 Å². The van der Waals surface area contributed by atoms with Crippen LogP contribution >= 0.6 is 11.3 Å². The van der Waals surface area contributed by atoms with Gasteiger partial charge in [-0.25, -0.2) is 9.78 Å². The van der Waals surface area contributed by atoms with Crippen LogP contribution in [0.15, 0.2) is 0 Å². The lowest BCUT2D eigenvalue weighted by molar-refractivity contribution is -0.137. The molecule has 2 fully saturated rings. The highest BCUT2D eigenvalue weighted by Gasteiger charge is 2.33. The van der Waals surface area contributed by atoms with Gasteiger partial charge in [0.2, 0.25) is 5.91 Å². The van der Waals surface area contributed by atoms with E-state index >= 15 is 0 Å². The molecule has 1 N–H and O–H groups in total. The van der Waals surface area contributed by atoms with Crippen LogP contribution in [0.1, 0.15) is 34.3 Å². The van der Waals surface area contributed by atoms with Crippen molar-refractivity contribution in [3.05, 3.63) is 15.6 Å². The molecule has 2 aliphatic heterocycles. The Balaban J connectivity index is 1.65. The maximum Gasteiger partial charge on any atom is 0.325 e. The highest BCUT2D eigenvalue weighted by atomic mass is 32.1. The molecule has 1 unspecified atom stereocenters. The summed E-state index contributed by atoms with van der Waals surface area (Å²) in [7, 11) is 0. The maximum atomic E-state index is 12.4. The summed E-state index contributed by atoms with van der Waals surface area (Å²) in [5.74, 6) is -0.276. The van der Waals surface area contributed by atoms with E-state index in [0.29, 0.717) is 13.1 Å². The molecule has 0 aromatic carbocycles. The fraction of sp³-hybridized carbons (Fsp3) is 0.600. The number of hydrogen-bond acceptors (Lipinski definition) is 5. The van der Waals surface area contributed by atoms with E-state index in [0.717, 1.165) is 28.4 Å². The SMILES string of the molecule is Cc1nc(C2CCCN(C(=O)CN3C(=O)CNC3=O)C2)sc1C. The molecule has 124 valence electrons. The Labute approximate surface area is 138 Å². The van der Waals surface area contributed by atoms with Crippen LogP contribution in [0.25, 0.3) is 0 Å². The number of urea groups is 1. The van der Waals surface area contributed by atoms with Crippen molar-refractivity contribution in [3.63, 3.8) is 0 Å². The first-order chi connectivity index (χ1) is 11.0. The normalized spacial score (nSPS) is 21.7. The van der Waals surface area contributed by atoms with Crippen molar-refractivity contribution in [3.8, 4) is 0 Å². The summed E-state index contributed by atoms with van der Waals surface area (Å²) in [6.07, 6.45) is 1.92. The largest absolute Gasteiger partial charge is 0.340 e. The lowest BCUT2D eigenvalue weighted by Gasteiger charge is -2.32. The average Bonchev–Trinajstić information content (AvgIpc) is 3.04. The van der Waals surface area contributed by atoms with E-state index in [9.17, 15) is 14.4 Å². The molecule has 1 aromatic heterocycles. The first-order valence-corrected chi connectivity index (χ1v) is 8.57. The number of thiazole rings is 1. The van der Waals surface area contributed by atoms with Crippen molar-refractivity contribution in [2.24, 2.45) is 0 Å². The Morgan fingerprint density at radius 2 is 2.17 bits per heavy atom. The van der Waals surface area contributed by atoms with E-state index in [4.69, 9.17) is 0 Å². The second kappa shape index (κ2) is 6.27. The molecule has 7 nitrogen and oxygen atoms in total. The van der Waals surface area contributed by atoms with Crippen LogP contribution in [0, 0.1) is 13.8 Å². The fourth-order valence-electron chi connectivity index (χ4n) is 2.93. The number of likely N-dealkylation sites (tertiary alicyclic amines) is 1. The van der Waals surface area contributed by atoms with E-state index in [1.165, 1.54) is 4.88 Å². The van der Waals surface area contributed by atoms with Gasteiger partial charge in [0.25, 0.3) is 5.91 Å². The predicted molar refractivity (Wildman–Crippen MR) is 85.3 cm³/mol. The van der Waals surface area contributed by atoms with Gasteiger partial charge >= 0.3 is 6.03 Å². The summed E-state index contributed by atoms with van der Waals surface area (Å²) < 4.78 is 0. The topological polar surface area (TPSA) is 82.6 Å². The van der Waals surface area contributed by atoms with Gasteiger partial charge in [-0.3, -0.25) is 14.5 Å². The first kappa shape index (κ1) is 15.9. The van der Waals surface area contributed by atoms with Crippen molar-refractivity contribution in [1.29, 1.82) is 0 Å². The van der Waals surface area contributed by atoms with Gasteiger partial charge in [0.05, 0.1) is 17.2 Å². The summed E-state index contributed by atoms with van der Waals surface area (Å²) in [6, 6.07) is -0.483. The monoisotopic (exact) mass is 336 g/mol. The van der Waals surface area contributed by atoms with Gasteiger partial charge in [0, 0.05) is 23.9 Å². The van der Waals surface area contributed by atoms with E-state index in [2.05, 4.69) is 17.2 Å². The number of aromatic nitrogens is 1. The Bertz CT molecular complexity index is 622. The minimum Gasteiger partial charge on any atom is -0.340 e. The first-order valence-electron chi connectivity index (χ1n) is 7.75. The van der Waals surface area contributed by atoms with Gasteiger partial charge in [-0.15, -0.1) is 11.3 Å². The molecule has 23 heavy (non-hydrogen) atoms. The van der Waals surface area contributed by atoms with Gasteiger partial charge in [0.1, 0.15) is 6.54 Å². The number of carbonyl (C=O) groups excluding carboxylic acids is 3. The molecular formula is C15H20N4O3S. The standard InChI is InChI=1S/C15H20N4O3S/c1-9-10(2)23-14(17-9)11-4-3-5-18(7-11)13(21)8-19-12(20)6-16-15(19)22/h11H,3-8H2,1-2H3,(H,16,22). The van der Waals surface area contributed by atoms with Crippen molar-refractivity contribution in [1.82, 2.24) is 20.1 Å². The van der Waals surface area contributed by atoms with E-state index < -0.39 is 6.03 Å². The molecule has 0 bridgehead atoms. The predicted octanol–water partition coefficient (Wildman–Crippen LogP) is 1.02. The lowest BCUT2D eigenvalue weighted by Crippen LogP contribution is -2.46. The minimum atomic E-state index is -0.483. The number of aryl methyl sites for hydroxylation is 2.